The van der Waals surface area contributed by atoms with Crippen LogP contribution in [0, 0.1) is 5.82 Å². The van der Waals surface area contributed by atoms with Gasteiger partial charge < -0.3 is 16.4 Å². The van der Waals surface area contributed by atoms with Gasteiger partial charge in [-0.3, -0.25) is 4.79 Å². The van der Waals surface area contributed by atoms with Gasteiger partial charge in [0.05, 0.1) is 15.8 Å². The number of hydrogen-bond acceptors (Lipinski definition) is 3. The normalized spacial score (nSPS) is 12.9. The van der Waals surface area contributed by atoms with Crippen LogP contribution in [0.2, 0.25) is 0 Å². The quantitative estimate of drug-likeness (QED) is 0.746. The van der Waals surface area contributed by atoms with Gasteiger partial charge in [-0.15, -0.1) is 0 Å². The summed E-state index contributed by atoms with van der Waals surface area (Å²) >= 11 is 3.08. The third kappa shape index (κ3) is 4.70. The summed E-state index contributed by atoms with van der Waals surface area (Å²) in [4.78, 5) is 11.9. The Bertz CT molecular complexity index is 486. The number of benzene rings is 1. The number of nitrogens with two attached hydrogens (primary N) is 1. The van der Waals surface area contributed by atoms with E-state index in [9.17, 15) is 9.18 Å². The van der Waals surface area contributed by atoms with Crippen LogP contribution in [0.4, 0.5) is 15.8 Å². The Morgan fingerprint density at radius 3 is 2.53 bits per heavy atom. The first-order chi connectivity index (χ1) is 8.60. The van der Waals surface area contributed by atoms with Crippen LogP contribution in [0.3, 0.4) is 0 Å². The molecule has 0 heterocycles. The molecule has 0 aromatic heterocycles. The number of carbonyl (C=O) groups is 1. The van der Waals surface area contributed by atoms with E-state index >= 15 is 0 Å². The molecule has 0 aliphatic rings. The maximum Gasteiger partial charge on any atom is 0.242 e. The lowest BCUT2D eigenvalue weighted by molar-refractivity contribution is -0.122. The molecule has 106 valence electrons. The molecule has 1 aromatic carbocycles. The van der Waals surface area contributed by atoms with E-state index in [0.29, 0.717) is 10.2 Å². The zero-order valence-electron chi connectivity index (χ0n) is 11.5. The molecule has 1 atom stereocenters. The lowest BCUT2D eigenvalue weighted by Gasteiger charge is -2.24. The Hall–Kier alpha value is -1.30. The van der Waals surface area contributed by atoms with Gasteiger partial charge in [0.15, 0.2) is 0 Å². The van der Waals surface area contributed by atoms with E-state index in [-0.39, 0.29) is 17.1 Å². The summed E-state index contributed by atoms with van der Waals surface area (Å²) in [7, 11) is 0. The van der Waals surface area contributed by atoms with Crippen molar-refractivity contribution < 1.29 is 9.18 Å². The molecule has 0 aliphatic carbocycles. The van der Waals surface area contributed by atoms with Gasteiger partial charge in [-0.1, -0.05) is 0 Å². The molecule has 0 fully saturated rings. The van der Waals surface area contributed by atoms with Crippen LogP contribution in [0.15, 0.2) is 16.6 Å². The van der Waals surface area contributed by atoms with Gasteiger partial charge in [-0.25, -0.2) is 4.39 Å². The van der Waals surface area contributed by atoms with Crippen molar-refractivity contribution in [2.75, 3.05) is 11.1 Å². The van der Waals surface area contributed by atoms with E-state index in [1.54, 1.807) is 6.92 Å². The first-order valence-corrected chi connectivity index (χ1v) is 6.72. The number of rotatable bonds is 3. The minimum absolute atomic E-state index is 0.146. The van der Waals surface area contributed by atoms with Gasteiger partial charge >= 0.3 is 0 Å². The molecule has 1 unspecified atom stereocenters. The highest BCUT2D eigenvalue weighted by atomic mass is 79.9. The minimum atomic E-state index is -0.473. The topological polar surface area (TPSA) is 67.1 Å². The molecule has 0 spiro atoms. The number of nitrogens with one attached hydrogen (secondary N) is 2. The molecule has 1 aromatic rings. The van der Waals surface area contributed by atoms with Crippen molar-refractivity contribution in [3.8, 4) is 0 Å². The standard InChI is InChI=1S/C13H19BrFN3O/c1-7(12(19)18-13(2,3)4)17-11-5-8(14)9(15)6-10(11)16/h5-7,17H,16H2,1-4H3,(H,18,19). The van der Waals surface area contributed by atoms with Gasteiger partial charge in [0, 0.05) is 11.6 Å². The van der Waals surface area contributed by atoms with E-state index in [1.807, 2.05) is 20.8 Å². The Morgan fingerprint density at radius 2 is 2.00 bits per heavy atom. The molecule has 19 heavy (non-hydrogen) atoms. The van der Waals surface area contributed by atoms with E-state index < -0.39 is 11.9 Å². The first kappa shape index (κ1) is 15.8. The van der Waals surface area contributed by atoms with Gasteiger partial charge in [0.25, 0.3) is 0 Å². The van der Waals surface area contributed by atoms with Crippen molar-refractivity contribution in [3.63, 3.8) is 0 Å². The predicted molar refractivity (Wildman–Crippen MR) is 79.5 cm³/mol. The highest BCUT2D eigenvalue weighted by Gasteiger charge is 2.20. The molecule has 1 rings (SSSR count). The van der Waals surface area contributed by atoms with E-state index in [4.69, 9.17) is 5.73 Å². The van der Waals surface area contributed by atoms with Crippen molar-refractivity contribution in [2.45, 2.75) is 39.3 Å². The van der Waals surface area contributed by atoms with Crippen LogP contribution in [-0.2, 0) is 4.79 Å². The Morgan fingerprint density at radius 1 is 1.42 bits per heavy atom. The summed E-state index contributed by atoms with van der Waals surface area (Å²) < 4.78 is 13.5. The fourth-order valence-corrected chi connectivity index (χ4v) is 1.81. The van der Waals surface area contributed by atoms with Crippen LogP contribution in [0.25, 0.3) is 0 Å². The van der Waals surface area contributed by atoms with Crippen LogP contribution in [0.1, 0.15) is 27.7 Å². The molecule has 0 saturated carbocycles. The Balaban J connectivity index is 2.80. The lowest BCUT2D eigenvalue weighted by Crippen LogP contribution is -2.47. The Labute approximate surface area is 121 Å². The second kappa shape index (κ2) is 5.77. The summed E-state index contributed by atoms with van der Waals surface area (Å²) in [6.45, 7) is 7.43. The molecule has 1 amide bonds. The first-order valence-electron chi connectivity index (χ1n) is 5.93. The molecule has 0 radical (unpaired) electrons. The smallest absolute Gasteiger partial charge is 0.242 e. The van der Waals surface area contributed by atoms with Gasteiger partial charge in [0.2, 0.25) is 5.91 Å². The van der Waals surface area contributed by atoms with E-state index in [0.717, 1.165) is 0 Å². The SMILES string of the molecule is CC(Nc1cc(Br)c(F)cc1N)C(=O)NC(C)(C)C. The van der Waals surface area contributed by atoms with Gasteiger partial charge in [0.1, 0.15) is 11.9 Å². The number of nitrogen functional groups attached to an aromatic ring is 1. The predicted octanol–water partition coefficient (Wildman–Crippen LogP) is 2.89. The molecular weight excluding hydrogens is 313 g/mol. The van der Waals surface area contributed by atoms with Crippen molar-refractivity contribution in [3.05, 3.63) is 22.4 Å². The number of hydrogen-bond donors (Lipinski definition) is 3. The second-order valence-electron chi connectivity index (χ2n) is 5.46. The summed E-state index contributed by atoms with van der Waals surface area (Å²) in [5, 5.41) is 5.82. The molecule has 0 bridgehead atoms. The van der Waals surface area contributed by atoms with Crippen LogP contribution in [0.5, 0.6) is 0 Å². The molecule has 0 saturated heterocycles. The number of halogens is 2. The highest BCUT2D eigenvalue weighted by Crippen LogP contribution is 2.27. The maximum absolute atomic E-state index is 13.2. The molecule has 4 nitrogen and oxygen atoms in total. The van der Waals surface area contributed by atoms with Crippen molar-refractivity contribution >= 4 is 33.2 Å². The molecule has 4 N–H and O–H groups in total. The molecular formula is C13H19BrFN3O. The van der Waals surface area contributed by atoms with Gasteiger partial charge in [-0.2, -0.15) is 0 Å². The highest BCUT2D eigenvalue weighted by molar-refractivity contribution is 9.10. The molecule has 0 aliphatic heterocycles. The summed E-state index contributed by atoms with van der Waals surface area (Å²) in [6, 6.07) is 2.26. The summed E-state index contributed by atoms with van der Waals surface area (Å²) in [5.41, 5.74) is 6.19. The molecule has 6 heteroatoms. The second-order valence-corrected chi connectivity index (χ2v) is 6.31. The summed E-state index contributed by atoms with van der Waals surface area (Å²) in [5.74, 6) is -0.581. The summed E-state index contributed by atoms with van der Waals surface area (Å²) in [6.07, 6.45) is 0. The fraction of sp³-hybridized carbons (Fsp3) is 0.462. The van der Waals surface area contributed by atoms with E-state index in [2.05, 4.69) is 26.6 Å². The fourth-order valence-electron chi connectivity index (χ4n) is 1.46. The third-order valence-electron chi connectivity index (χ3n) is 2.36. The Kier molecular flexibility index (Phi) is 4.79. The number of amides is 1. The van der Waals surface area contributed by atoms with Crippen LogP contribution in [-0.4, -0.2) is 17.5 Å². The zero-order valence-corrected chi connectivity index (χ0v) is 13.1. The van der Waals surface area contributed by atoms with E-state index in [1.165, 1.54) is 12.1 Å². The van der Waals surface area contributed by atoms with Crippen molar-refractivity contribution in [2.24, 2.45) is 0 Å². The largest absolute Gasteiger partial charge is 0.397 e. The third-order valence-corrected chi connectivity index (χ3v) is 2.96. The lowest BCUT2D eigenvalue weighted by atomic mass is 10.1. The van der Waals surface area contributed by atoms with Crippen molar-refractivity contribution in [1.82, 2.24) is 5.32 Å². The van der Waals surface area contributed by atoms with Crippen LogP contribution < -0.4 is 16.4 Å². The van der Waals surface area contributed by atoms with Gasteiger partial charge in [-0.05, 0) is 49.7 Å². The maximum atomic E-state index is 13.2. The average Bonchev–Trinajstić information content (AvgIpc) is 2.23. The van der Waals surface area contributed by atoms with Crippen LogP contribution >= 0.6 is 15.9 Å². The monoisotopic (exact) mass is 331 g/mol. The average molecular weight is 332 g/mol. The number of carbonyl (C=O) groups excluding carboxylic acids is 1. The number of anilines is 2. The minimum Gasteiger partial charge on any atom is -0.397 e. The van der Waals surface area contributed by atoms with Crippen molar-refractivity contribution in [1.29, 1.82) is 0 Å². The zero-order chi connectivity index (χ0) is 14.8.